The molecule has 1 aliphatic heterocycles. The van der Waals surface area contributed by atoms with Crippen LogP contribution in [0.5, 0.6) is 0 Å². The van der Waals surface area contributed by atoms with Crippen molar-refractivity contribution in [2.24, 2.45) is 0 Å². The Labute approximate surface area is 134 Å². The summed E-state index contributed by atoms with van der Waals surface area (Å²) in [5.74, 6) is 3.14. The molecule has 0 radical (unpaired) electrons. The van der Waals surface area contributed by atoms with Crippen molar-refractivity contribution >= 4 is 27.4 Å². The predicted octanol–water partition coefficient (Wildman–Crippen LogP) is 2.10. The second-order valence-electron chi connectivity index (χ2n) is 5.17. The molecule has 2 heterocycles. The molecule has 1 aromatic carbocycles. The average Bonchev–Trinajstić information content (AvgIpc) is 2.55. The van der Waals surface area contributed by atoms with Crippen molar-refractivity contribution in [2.75, 3.05) is 35.8 Å². The molecule has 5 nitrogen and oxygen atoms in total. The molecule has 1 fully saturated rings. The van der Waals surface area contributed by atoms with Crippen molar-refractivity contribution < 1.29 is 8.42 Å². The SMILES string of the molecule is CS(=O)(=O)c1ccc(-c2ccc(N3CCSCC3)nn2)cc1. The Balaban J connectivity index is 1.80. The molecule has 0 aliphatic carbocycles. The van der Waals surface area contributed by atoms with E-state index in [1.807, 2.05) is 23.9 Å². The van der Waals surface area contributed by atoms with Crippen LogP contribution in [0.2, 0.25) is 0 Å². The van der Waals surface area contributed by atoms with E-state index in [9.17, 15) is 8.42 Å². The van der Waals surface area contributed by atoms with Crippen LogP contribution in [0.4, 0.5) is 5.82 Å². The standard InChI is InChI=1S/C15H17N3O2S2/c1-22(19,20)13-4-2-12(3-5-13)14-6-7-15(17-16-14)18-8-10-21-11-9-18/h2-7H,8-11H2,1H3. The second kappa shape index (κ2) is 6.26. The largest absolute Gasteiger partial charge is 0.353 e. The Morgan fingerprint density at radius 2 is 1.68 bits per heavy atom. The summed E-state index contributed by atoms with van der Waals surface area (Å²) in [4.78, 5) is 2.55. The number of nitrogens with zero attached hydrogens (tertiary/aromatic N) is 3. The van der Waals surface area contributed by atoms with Crippen molar-refractivity contribution in [1.29, 1.82) is 0 Å². The van der Waals surface area contributed by atoms with Crippen LogP contribution in [0.1, 0.15) is 0 Å². The normalized spacial score (nSPS) is 15.8. The van der Waals surface area contributed by atoms with Crippen LogP contribution in [0, 0.1) is 0 Å². The summed E-state index contributed by atoms with van der Waals surface area (Å²) in [6.45, 7) is 2.00. The molecule has 0 amide bonds. The zero-order chi connectivity index (χ0) is 15.6. The highest BCUT2D eigenvalue weighted by atomic mass is 32.2. The van der Waals surface area contributed by atoms with Crippen LogP contribution in [0.25, 0.3) is 11.3 Å². The zero-order valence-electron chi connectivity index (χ0n) is 12.3. The molecule has 1 aliphatic rings. The Morgan fingerprint density at radius 1 is 1.00 bits per heavy atom. The lowest BCUT2D eigenvalue weighted by Gasteiger charge is -2.26. The van der Waals surface area contributed by atoms with Crippen LogP contribution in [0.3, 0.4) is 0 Å². The third-order valence-corrected chi connectivity index (χ3v) is 5.63. The molecular weight excluding hydrogens is 318 g/mol. The predicted molar refractivity (Wildman–Crippen MR) is 90.1 cm³/mol. The Kier molecular flexibility index (Phi) is 4.35. The van der Waals surface area contributed by atoms with Crippen molar-refractivity contribution in [3.05, 3.63) is 36.4 Å². The lowest BCUT2D eigenvalue weighted by Crippen LogP contribution is -2.33. The third kappa shape index (κ3) is 3.41. The quantitative estimate of drug-likeness (QED) is 0.856. The average molecular weight is 335 g/mol. The maximum atomic E-state index is 11.5. The lowest BCUT2D eigenvalue weighted by atomic mass is 10.1. The molecule has 2 aromatic rings. The van der Waals surface area contributed by atoms with Crippen molar-refractivity contribution in [2.45, 2.75) is 4.90 Å². The second-order valence-corrected chi connectivity index (χ2v) is 8.41. The molecule has 3 rings (SSSR count). The number of benzene rings is 1. The Morgan fingerprint density at radius 3 is 2.23 bits per heavy atom. The van der Waals surface area contributed by atoms with E-state index in [0.717, 1.165) is 41.7 Å². The van der Waals surface area contributed by atoms with Gasteiger partial charge in [-0.25, -0.2) is 8.42 Å². The van der Waals surface area contributed by atoms with Gasteiger partial charge in [-0.05, 0) is 24.3 Å². The highest BCUT2D eigenvalue weighted by Gasteiger charge is 2.13. The van der Waals surface area contributed by atoms with Crippen molar-refractivity contribution in [1.82, 2.24) is 10.2 Å². The minimum absolute atomic E-state index is 0.312. The van der Waals surface area contributed by atoms with Gasteiger partial charge in [0.2, 0.25) is 0 Å². The lowest BCUT2D eigenvalue weighted by molar-refractivity contribution is 0.602. The first-order valence-corrected chi connectivity index (χ1v) is 10.1. The van der Waals surface area contributed by atoms with Gasteiger partial charge in [-0.2, -0.15) is 11.8 Å². The summed E-state index contributed by atoms with van der Waals surface area (Å²) in [5, 5.41) is 8.57. The van der Waals surface area contributed by atoms with E-state index in [1.54, 1.807) is 24.3 Å². The minimum Gasteiger partial charge on any atom is -0.353 e. The summed E-state index contributed by atoms with van der Waals surface area (Å²) in [6.07, 6.45) is 1.20. The van der Waals surface area contributed by atoms with Crippen LogP contribution >= 0.6 is 11.8 Å². The highest BCUT2D eigenvalue weighted by molar-refractivity contribution is 7.99. The molecule has 0 spiro atoms. The summed E-state index contributed by atoms with van der Waals surface area (Å²) in [5.41, 5.74) is 1.61. The number of aromatic nitrogens is 2. The van der Waals surface area contributed by atoms with Gasteiger partial charge in [0.25, 0.3) is 0 Å². The first-order valence-electron chi connectivity index (χ1n) is 7.01. The number of thioether (sulfide) groups is 1. The van der Waals surface area contributed by atoms with Gasteiger partial charge in [-0.3, -0.25) is 0 Å². The molecular formula is C15H17N3O2S2. The van der Waals surface area contributed by atoms with Gasteiger partial charge in [0, 0.05) is 36.4 Å². The van der Waals surface area contributed by atoms with E-state index in [-0.39, 0.29) is 0 Å². The van der Waals surface area contributed by atoms with E-state index >= 15 is 0 Å². The molecule has 1 aromatic heterocycles. The van der Waals surface area contributed by atoms with Gasteiger partial charge in [0.05, 0.1) is 10.6 Å². The van der Waals surface area contributed by atoms with Gasteiger partial charge in [0.15, 0.2) is 15.7 Å². The van der Waals surface area contributed by atoms with Crippen LogP contribution in [-0.2, 0) is 9.84 Å². The third-order valence-electron chi connectivity index (χ3n) is 3.56. The maximum Gasteiger partial charge on any atom is 0.175 e. The molecule has 0 N–H and O–H groups in total. The summed E-state index contributed by atoms with van der Waals surface area (Å²) in [7, 11) is -3.17. The molecule has 116 valence electrons. The summed E-state index contributed by atoms with van der Waals surface area (Å²) < 4.78 is 22.9. The Bertz CT molecular complexity index is 737. The van der Waals surface area contributed by atoms with E-state index in [0.29, 0.717) is 4.90 Å². The molecule has 0 bridgehead atoms. The smallest absolute Gasteiger partial charge is 0.175 e. The summed E-state index contributed by atoms with van der Waals surface area (Å²) in [6, 6.07) is 10.6. The van der Waals surface area contributed by atoms with Crippen LogP contribution in [-0.4, -0.2) is 49.5 Å². The van der Waals surface area contributed by atoms with Gasteiger partial charge in [-0.1, -0.05) is 12.1 Å². The molecule has 0 unspecified atom stereocenters. The molecule has 22 heavy (non-hydrogen) atoms. The fraction of sp³-hybridized carbons (Fsp3) is 0.333. The van der Waals surface area contributed by atoms with Crippen molar-refractivity contribution in [3.8, 4) is 11.3 Å². The topological polar surface area (TPSA) is 63.2 Å². The number of hydrogen-bond acceptors (Lipinski definition) is 6. The fourth-order valence-electron chi connectivity index (χ4n) is 2.31. The molecule has 0 atom stereocenters. The minimum atomic E-state index is -3.17. The van der Waals surface area contributed by atoms with E-state index in [1.165, 1.54) is 6.26 Å². The first-order chi connectivity index (χ1) is 10.5. The van der Waals surface area contributed by atoms with Gasteiger partial charge < -0.3 is 4.90 Å². The van der Waals surface area contributed by atoms with Gasteiger partial charge in [-0.15, -0.1) is 10.2 Å². The number of sulfone groups is 1. The molecule has 0 saturated carbocycles. The van der Waals surface area contributed by atoms with Crippen molar-refractivity contribution in [3.63, 3.8) is 0 Å². The van der Waals surface area contributed by atoms with E-state index in [4.69, 9.17) is 0 Å². The van der Waals surface area contributed by atoms with Crippen LogP contribution in [0.15, 0.2) is 41.3 Å². The van der Waals surface area contributed by atoms with Crippen LogP contribution < -0.4 is 4.90 Å². The Hall–Kier alpha value is -1.60. The number of hydrogen-bond donors (Lipinski definition) is 0. The summed E-state index contributed by atoms with van der Waals surface area (Å²) >= 11 is 1.96. The molecule has 7 heteroatoms. The number of anilines is 1. The monoisotopic (exact) mass is 335 g/mol. The number of rotatable bonds is 3. The fourth-order valence-corrected chi connectivity index (χ4v) is 3.85. The molecule has 1 saturated heterocycles. The highest BCUT2D eigenvalue weighted by Crippen LogP contribution is 2.22. The first kappa shape index (κ1) is 15.3. The maximum absolute atomic E-state index is 11.5. The van der Waals surface area contributed by atoms with Gasteiger partial charge in [0.1, 0.15) is 0 Å². The van der Waals surface area contributed by atoms with Gasteiger partial charge >= 0.3 is 0 Å². The zero-order valence-corrected chi connectivity index (χ0v) is 13.9. The van der Waals surface area contributed by atoms with E-state index < -0.39 is 9.84 Å². The van der Waals surface area contributed by atoms with E-state index in [2.05, 4.69) is 15.1 Å².